The van der Waals surface area contributed by atoms with Gasteiger partial charge in [-0.1, -0.05) is 29.6 Å². The molecule has 2 aromatic rings. The van der Waals surface area contributed by atoms with Crippen LogP contribution in [0, 0.1) is 13.8 Å². The highest BCUT2D eigenvalue weighted by Gasteiger charge is 2.20. The van der Waals surface area contributed by atoms with Crippen LogP contribution in [0.25, 0.3) is 5.69 Å². The van der Waals surface area contributed by atoms with Crippen molar-refractivity contribution < 1.29 is 4.79 Å². The summed E-state index contributed by atoms with van der Waals surface area (Å²) in [5, 5.41) is 1.05. The second kappa shape index (κ2) is 7.30. The Hall–Kier alpha value is -1.29. The van der Waals surface area contributed by atoms with E-state index in [1.807, 2.05) is 32.0 Å². The predicted octanol–water partition coefficient (Wildman–Crippen LogP) is 5.07. The summed E-state index contributed by atoms with van der Waals surface area (Å²) in [6.07, 6.45) is 3.65. The van der Waals surface area contributed by atoms with E-state index in [0.29, 0.717) is 16.6 Å². The van der Waals surface area contributed by atoms with Gasteiger partial charge in [-0.15, -0.1) is 0 Å². The minimum absolute atomic E-state index is 0.191. The SMILES string of the molecule is Cc1cc(C(=O)CN2CCCCC2)c(C)n1-c1ccc(Cl)c(Cl)c1. The molecule has 1 saturated heterocycles. The summed E-state index contributed by atoms with van der Waals surface area (Å²) in [5.41, 5.74) is 3.70. The Labute approximate surface area is 153 Å². The molecule has 1 aliphatic rings. The molecule has 0 radical (unpaired) electrons. The van der Waals surface area contributed by atoms with Crippen molar-refractivity contribution in [3.8, 4) is 5.69 Å². The molecule has 24 heavy (non-hydrogen) atoms. The molecule has 0 atom stereocenters. The fourth-order valence-corrected chi connectivity index (χ4v) is 3.76. The molecule has 1 aromatic heterocycles. The monoisotopic (exact) mass is 364 g/mol. The molecule has 2 heterocycles. The van der Waals surface area contributed by atoms with Crippen LogP contribution < -0.4 is 0 Å². The first-order valence-electron chi connectivity index (χ1n) is 8.37. The van der Waals surface area contributed by atoms with E-state index in [2.05, 4.69) is 9.47 Å². The van der Waals surface area contributed by atoms with Crippen LogP contribution in [0.3, 0.4) is 0 Å². The Morgan fingerprint density at radius 1 is 1.04 bits per heavy atom. The summed E-state index contributed by atoms with van der Waals surface area (Å²) < 4.78 is 2.06. The van der Waals surface area contributed by atoms with Crippen molar-refractivity contribution in [2.75, 3.05) is 19.6 Å². The van der Waals surface area contributed by atoms with Crippen LogP contribution in [0.4, 0.5) is 0 Å². The number of hydrogen-bond acceptors (Lipinski definition) is 2. The molecule has 3 nitrogen and oxygen atoms in total. The smallest absolute Gasteiger partial charge is 0.178 e. The van der Waals surface area contributed by atoms with Gasteiger partial charge in [0.2, 0.25) is 0 Å². The molecule has 0 bridgehead atoms. The molecule has 5 heteroatoms. The number of rotatable bonds is 4. The molecule has 3 rings (SSSR count). The van der Waals surface area contributed by atoms with Gasteiger partial charge < -0.3 is 4.57 Å². The van der Waals surface area contributed by atoms with Gasteiger partial charge in [0.05, 0.1) is 16.6 Å². The zero-order valence-corrected chi connectivity index (χ0v) is 15.6. The van der Waals surface area contributed by atoms with E-state index in [0.717, 1.165) is 35.7 Å². The largest absolute Gasteiger partial charge is 0.318 e. The number of aromatic nitrogens is 1. The van der Waals surface area contributed by atoms with E-state index in [9.17, 15) is 4.79 Å². The molecule has 128 valence electrons. The normalized spacial score (nSPS) is 15.7. The number of benzene rings is 1. The second-order valence-corrected chi connectivity index (χ2v) is 7.29. The average Bonchev–Trinajstić information content (AvgIpc) is 2.86. The molecule has 1 fully saturated rings. The molecule has 0 amide bonds. The number of Topliss-reactive ketones (excluding diaryl/α,β-unsaturated/α-hetero) is 1. The molecule has 1 aromatic carbocycles. The maximum absolute atomic E-state index is 12.7. The third-order valence-corrected chi connectivity index (χ3v) is 5.45. The van der Waals surface area contributed by atoms with Crippen LogP contribution in [-0.4, -0.2) is 34.9 Å². The summed E-state index contributed by atoms with van der Waals surface area (Å²) in [6, 6.07) is 7.52. The van der Waals surface area contributed by atoms with Crippen molar-refractivity contribution in [1.29, 1.82) is 0 Å². The maximum atomic E-state index is 12.7. The predicted molar refractivity (Wildman–Crippen MR) is 99.9 cm³/mol. The van der Waals surface area contributed by atoms with E-state index >= 15 is 0 Å². The van der Waals surface area contributed by atoms with E-state index in [4.69, 9.17) is 23.2 Å². The number of piperidine rings is 1. The molecule has 0 saturated carbocycles. The molecular weight excluding hydrogens is 343 g/mol. The fraction of sp³-hybridized carbons (Fsp3) is 0.421. The first-order valence-corrected chi connectivity index (χ1v) is 9.13. The number of carbonyl (C=O) groups is 1. The molecule has 1 aliphatic heterocycles. The van der Waals surface area contributed by atoms with Gasteiger partial charge in [0, 0.05) is 22.6 Å². The number of nitrogens with zero attached hydrogens (tertiary/aromatic N) is 2. The lowest BCUT2D eigenvalue weighted by molar-refractivity contribution is 0.0915. The van der Waals surface area contributed by atoms with Gasteiger partial charge in [-0.05, 0) is 64.0 Å². The number of likely N-dealkylation sites (tertiary alicyclic amines) is 1. The lowest BCUT2D eigenvalue weighted by Gasteiger charge is -2.25. The van der Waals surface area contributed by atoms with Gasteiger partial charge in [-0.3, -0.25) is 9.69 Å². The lowest BCUT2D eigenvalue weighted by Crippen LogP contribution is -2.34. The Bertz CT molecular complexity index is 761. The highest BCUT2D eigenvalue weighted by Crippen LogP contribution is 2.28. The molecule has 0 unspecified atom stereocenters. The van der Waals surface area contributed by atoms with Crippen molar-refractivity contribution in [3.05, 3.63) is 51.3 Å². The highest BCUT2D eigenvalue weighted by molar-refractivity contribution is 6.42. The molecular formula is C19H22Cl2N2O. The molecule has 0 spiro atoms. The van der Waals surface area contributed by atoms with Crippen LogP contribution in [0.2, 0.25) is 10.0 Å². The fourth-order valence-electron chi connectivity index (χ4n) is 3.47. The average molecular weight is 365 g/mol. The van der Waals surface area contributed by atoms with Crippen molar-refractivity contribution in [2.45, 2.75) is 33.1 Å². The standard InChI is InChI=1S/C19H22Cl2N2O/c1-13-10-16(19(24)12-22-8-4-3-5-9-22)14(2)23(13)15-6-7-17(20)18(21)11-15/h6-7,10-11H,3-5,8-9,12H2,1-2H3. The highest BCUT2D eigenvalue weighted by atomic mass is 35.5. The quantitative estimate of drug-likeness (QED) is 0.707. The first kappa shape index (κ1) is 17.5. The zero-order valence-electron chi connectivity index (χ0n) is 14.1. The lowest BCUT2D eigenvalue weighted by atomic mass is 10.1. The van der Waals surface area contributed by atoms with Gasteiger partial charge in [-0.2, -0.15) is 0 Å². The maximum Gasteiger partial charge on any atom is 0.178 e. The minimum Gasteiger partial charge on any atom is -0.318 e. The Morgan fingerprint density at radius 2 is 1.75 bits per heavy atom. The van der Waals surface area contributed by atoms with Crippen LogP contribution in [0.1, 0.15) is 41.0 Å². The van der Waals surface area contributed by atoms with Crippen molar-refractivity contribution >= 4 is 29.0 Å². The van der Waals surface area contributed by atoms with Gasteiger partial charge in [-0.25, -0.2) is 0 Å². The molecule has 0 N–H and O–H groups in total. The Kier molecular flexibility index (Phi) is 5.33. The van der Waals surface area contributed by atoms with E-state index in [1.165, 1.54) is 19.3 Å². The van der Waals surface area contributed by atoms with Crippen LogP contribution >= 0.6 is 23.2 Å². The van der Waals surface area contributed by atoms with Crippen LogP contribution in [0.5, 0.6) is 0 Å². The summed E-state index contributed by atoms with van der Waals surface area (Å²) >= 11 is 12.2. The Morgan fingerprint density at radius 3 is 2.42 bits per heavy atom. The van der Waals surface area contributed by atoms with Gasteiger partial charge in [0.15, 0.2) is 5.78 Å². The number of aryl methyl sites for hydroxylation is 1. The Balaban J connectivity index is 1.88. The number of ketones is 1. The minimum atomic E-state index is 0.191. The summed E-state index contributed by atoms with van der Waals surface area (Å²) in [5.74, 6) is 0.191. The van der Waals surface area contributed by atoms with E-state index < -0.39 is 0 Å². The third kappa shape index (κ3) is 3.53. The number of carbonyl (C=O) groups excluding carboxylic acids is 1. The van der Waals surface area contributed by atoms with Crippen LogP contribution in [-0.2, 0) is 0 Å². The van der Waals surface area contributed by atoms with E-state index in [1.54, 1.807) is 6.07 Å². The summed E-state index contributed by atoms with van der Waals surface area (Å²) in [4.78, 5) is 15.0. The van der Waals surface area contributed by atoms with Crippen LogP contribution in [0.15, 0.2) is 24.3 Å². The number of halogens is 2. The van der Waals surface area contributed by atoms with E-state index in [-0.39, 0.29) is 5.78 Å². The molecule has 0 aliphatic carbocycles. The summed E-state index contributed by atoms with van der Waals surface area (Å²) in [7, 11) is 0. The number of hydrogen-bond donors (Lipinski definition) is 0. The van der Waals surface area contributed by atoms with Crippen molar-refractivity contribution in [2.24, 2.45) is 0 Å². The third-order valence-electron chi connectivity index (χ3n) is 4.71. The van der Waals surface area contributed by atoms with Gasteiger partial charge >= 0.3 is 0 Å². The first-order chi connectivity index (χ1) is 11.5. The zero-order chi connectivity index (χ0) is 17.3. The van der Waals surface area contributed by atoms with Gasteiger partial charge in [0.1, 0.15) is 0 Å². The van der Waals surface area contributed by atoms with Gasteiger partial charge in [0.25, 0.3) is 0 Å². The summed E-state index contributed by atoms with van der Waals surface area (Å²) in [6.45, 7) is 6.55. The van der Waals surface area contributed by atoms with Crippen molar-refractivity contribution in [1.82, 2.24) is 9.47 Å². The second-order valence-electron chi connectivity index (χ2n) is 6.48. The topological polar surface area (TPSA) is 25.2 Å². The van der Waals surface area contributed by atoms with Crippen molar-refractivity contribution in [3.63, 3.8) is 0 Å².